The lowest BCUT2D eigenvalue weighted by Gasteiger charge is -2.40. The van der Waals surface area contributed by atoms with Crippen molar-refractivity contribution in [1.29, 1.82) is 0 Å². The first-order valence-electron chi connectivity index (χ1n) is 8.29. The molecule has 0 bridgehead atoms. The van der Waals surface area contributed by atoms with Crippen LogP contribution >= 0.6 is 0 Å². The summed E-state index contributed by atoms with van der Waals surface area (Å²) in [6, 6.07) is 7.88. The second-order valence-electron chi connectivity index (χ2n) is 6.70. The Kier molecular flexibility index (Phi) is 6.02. The van der Waals surface area contributed by atoms with E-state index < -0.39 is 0 Å². The van der Waals surface area contributed by atoms with Gasteiger partial charge in [-0.1, -0.05) is 19.1 Å². The number of hydrogen-bond donors (Lipinski definition) is 1. The van der Waals surface area contributed by atoms with E-state index in [-0.39, 0.29) is 11.3 Å². The molecule has 0 aliphatic carbocycles. The summed E-state index contributed by atoms with van der Waals surface area (Å²) < 4.78 is 5.17. The zero-order valence-electron chi connectivity index (χ0n) is 14.5. The van der Waals surface area contributed by atoms with Crippen molar-refractivity contribution in [3.05, 3.63) is 29.8 Å². The number of piperidine rings is 1. The number of ether oxygens (including phenoxy) is 1. The first-order chi connectivity index (χ1) is 11.0. The standard InChI is InChI=1S/C18H29N3O2/c1-18(8-11-21(12-9-18)13-10-19)17(22)20(2)14-15-4-6-16(23-3)7-5-15/h4-7H,8-14,19H2,1-3H3. The fourth-order valence-corrected chi connectivity index (χ4v) is 3.20. The van der Waals surface area contributed by atoms with Crippen LogP contribution in [0.25, 0.3) is 0 Å². The first kappa shape index (κ1) is 17.8. The predicted molar refractivity (Wildman–Crippen MR) is 92.3 cm³/mol. The highest BCUT2D eigenvalue weighted by Crippen LogP contribution is 2.33. The van der Waals surface area contributed by atoms with Crippen LogP contribution in [0.2, 0.25) is 0 Å². The number of carbonyl (C=O) groups is 1. The highest BCUT2D eigenvalue weighted by Gasteiger charge is 2.38. The van der Waals surface area contributed by atoms with Gasteiger partial charge in [-0.25, -0.2) is 0 Å². The van der Waals surface area contributed by atoms with Crippen LogP contribution in [0.4, 0.5) is 0 Å². The third kappa shape index (κ3) is 4.45. The lowest BCUT2D eigenvalue weighted by Crippen LogP contribution is -2.48. The number of nitrogens with zero attached hydrogens (tertiary/aromatic N) is 2. The Balaban J connectivity index is 1.93. The zero-order chi connectivity index (χ0) is 16.9. The lowest BCUT2D eigenvalue weighted by molar-refractivity contribution is -0.143. The van der Waals surface area contributed by atoms with E-state index in [0.717, 1.165) is 43.8 Å². The van der Waals surface area contributed by atoms with E-state index in [9.17, 15) is 4.79 Å². The van der Waals surface area contributed by atoms with Gasteiger partial charge in [0.2, 0.25) is 5.91 Å². The molecule has 1 saturated heterocycles. The number of likely N-dealkylation sites (tertiary alicyclic amines) is 1. The Bertz CT molecular complexity index is 508. The van der Waals surface area contributed by atoms with Crippen LogP contribution in [0, 0.1) is 5.41 Å². The van der Waals surface area contributed by atoms with Crippen molar-refractivity contribution in [2.45, 2.75) is 26.3 Å². The molecule has 0 atom stereocenters. The Morgan fingerprint density at radius 1 is 1.30 bits per heavy atom. The second kappa shape index (κ2) is 7.79. The average Bonchev–Trinajstić information content (AvgIpc) is 2.57. The van der Waals surface area contributed by atoms with Crippen molar-refractivity contribution in [1.82, 2.24) is 9.80 Å². The highest BCUT2D eigenvalue weighted by molar-refractivity contribution is 5.82. The van der Waals surface area contributed by atoms with Crippen LogP contribution in [0.5, 0.6) is 5.75 Å². The molecule has 23 heavy (non-hydrogen) atoms. The van der Waals surface area contributed by atoms with Crippen LogP contribution in [0.1, 0.15) is 25.3 Å². The van der Waals surface area contributed by atoms with Crippen molar-refractivity contribution in [3.8, 4) is 5.75 Å². The molecule has 1 heterocycles. The van der Waals surface area contributed by atoms with Crippen LogP contribution in [0.3, 0.4) is 0 Å². The van der Waals surface area contributed by atoms with Gasteiger partial charge in [-0.3, -0.25) is 4.79 Å². The van der Waals surface area contributed by atoms with Gasteiger partial charge in [0.25, 0.3) is 0 Å². The van der Waals surface area contributed by atoms with Gasteiger partial charge in [0, 0.05) is 32.1 Å². The summed E-state index contributed by atoms with van der Waals surface area (Å²) in [4.78, 5) is 17.1. The summed E-state index contributed by atoms with van der Waals surface area (Å²) in [5, 5.41) is 0. The topological polar surface area (TPSA) is 58.8 Å². The van der Waals surface area contributed by atoms with E-state index in [0.29, 0.717) is 13.1 Å². The maximum Gasteiger partial charge on any atom is 0.228 e. The zero-order valence-corrected chi connectivity index (χ0v) is 14.5. The summed E-state index contributed by atoms with van der Waals surface area (Å²) in [6.07, 6.45) is 1.80. The molecule has 1 aliphatic heterocycles. The van der Waals surface area contributed by atoms with Gasteiger partial charge in [0.15, 0.2) is 0 Å². The molecular weight excluding hydrogens is 290 g/mol. The molecule has 128 valence electrons. The van der Waals surface area contributed by atoms with Crippen molar-refractivity contribution < 1.29 is 9.53 Å². The number of carbonyl (C=O) groups excluding carboxylic acids is 1. The fraction of sp³-hybridized carbons (Fsp3) is 0.611. The molecule has 1 aromatic rings. The fourth-order valence-electron chi connectivity index (χ4n) is 3.20. The lowest BCUT2D eigenvalue weighted by atomic mass is 9.79. The van der Waals surface area contributed by atoms with Crippen molar-refractivity contribution in [3.63, 3.8) is 0 Å². The SMILES string of the molecule is COc1ccc(CN(C)C(=O)C2(C)CCN(CCN)CC2)cc1. The molecule has 0 aromatic heterocycles. The van der Waals surface area contributed by atoms with Crippen molar-refractivity contribution in [2.24, 2.45) is 11.1 Å². The third-order valence-electron chi connectivity index (χ3n) is 4.85. The molecule has 0 radical (unpaired) electrons. The van der Waals surface area contributed by atoms with Gasteiger partial charge in [-0.05, 0) is 43.6 Å². The average molecular weight is 319 g/mol. The number of methoxy groups -OCH3 is 1. The maximum atomic E-state index is 12.9. The van der Waals surface area contributed by atoms with Gasteiger partial charge in [-0.2, -0.15) is 0 Å². The van der Waals surface area contributed by atoms with Crippen molar-refractivity contribution in [2.75, 3.05) is 40.3 Å². The molecule has 5 nitrogen and oxygen atoms in total. The summed E-state index contributed by atoms with van der Waals surface area (Å²) in [7, 11) is 3.55. The van der Waals surface area contributed by atoms with Gasteiger partial charge in [-0.15, -0.1) is 0 Å². The largest absolute Gasteiger partial charge is 0.497 e. The molecule has 5 heteroatoms. The summed E-state index contributed by atoms with van der Waals surface area (Å²) in [5.41, 5.74) is 6.47. The molecule has 1 fully saturated rings. The molecule has 0 unspecified atom stereocenters. The monoisotopic (exact) mass is 319 g/mol. The van der Waals surface area contributed by atoms with Gasteiger partial charge in [0.1, 0.15) is 5.75 Å². The van der Waals surface area contributed by atoms with E-state index in [4.69, 9.17) is 10.5 Å². The molecule has 2 N–H and O–H groups in total. The Morgan fingerprint density at radius 2 is 1.91 bits per heavy atom. The Hall–Kier alpha value is -1.59. The summed E-state index contributed by atoms with van der Waals surface area (Å²) >= 11 is 0. The Labute approximate surface area is 139 Å². The molecule has 0 saturated carbocycles. The predicted octanol–water partition coefficient (Wildman–Crippen LogP) is 1.71. The van der Waals surface area contributed by atoms with Crippen LogP contribution in [-0.4, -0.2) is 56.0 Å². The normalized spacial score (nSPS) is 17.7. The molecule has 1 aromatic carbocycles. The number of benzene rings is 1. The van der Waals surface area contributed by atoms with Crippen LogP contribution < -0.4 is 10.5 Å². The minimum Gasteiger partial charge on any atom is -0.497 e. The first-order valence-corrected chi connectivity index (χ1v) is 8.29. The molecule has 2 rings (SSSR count). The quantitative estimate of drug-likeness (QED) is 0.867. The third-order valence-corrected chi connectivity index (χ3v) is 4.85. The van der Waals surface area contributed by atoms with E-state index >= 15 is 0 Å². The molecule has 1 amide bonds. The number of nitrogens with two attached hydrogens (primary N) is 1. The minimum absolute atomic E-state index is 0.237. The summed E-state index contributed by atoms with van der Waals surface area (Å²) in [5.74, 6) is 1.07. The minimum atomic E-state index is -0.258. The van der Waals surface area contributed by atoms with Gasteiger partial charge < -0.3 is 20.3 Å². The van der Waals surface area contributed by atoms with E-state index in [2.05, 4.69) is 11.8 Å². The van der Waals surface area contributed by atoms with Crippen molar-refractivity contribution >= 4 is 5.91 Å². The van der Waals surface area contributed by atoms with E-state index in [1.54, 1.807) is 7.11 Å². The van der Waals surface area contributed by atoms with E-state index in [1.807, 2.05) is 36.2 Å². The number of rotatable bonds is 6. The van der Waals surface area contributed by atoms with Gasteiger partial charge in [0.05, 0.1) is 7.11 Å². The van der Waals surface area contributed by atoms with E-state index in [1.165, 1.54) is 0 Å². The Morgan fingerprint density at radius 3 is 2.43 bits per heavy atom. The van der Waals surface area contributed by atoms with Gasteiger partial charge >= 0.3 is 0 Å². The van der Waals surface area contributed by atoms with Crippen LogP contribution in [-0.2, 0) is 11.3 Å². The number of amides is 1. The smallest absolute Gasteiger partial charge is 0.228 e. The maximum absolute atomic E-state index is 12.9. The molecule has 0 spiro atoms. The number of hydrogen-bond acceptors (Lipinski definition) is 4. The molecular formula is C18H29N3O2. The summed E-state index contributed by atoms with van der Waals surface area (Å²) in [6.45, 7) is 6.24. The highest BCUT2D eigenvalue weighted by atomic mass is 16.5. The molecule has 1 aliphatic rings. The second-order valence-corrected chi connectivity index (χ2v) is 6.70. The van der Waals surface area contributed by atoms with Crippen LogP contribution in [0.15, 0.2) is 24.3 Å².